The van der Waals surface area contributed by atoms with E-state index in [1.54, 1.807) is 18.3 Å². The van der Waals surface area contributed by atoms with E-state index >= 15 is 0 Å². The minimum Gasteiger partial charge on any atom is -0.395 e. The van der Waals surface area contributed by atoms with Gasteiger partial charge in [0.15, 0.2) is 0 Å². The van der Waals surface area contributed by atoms with E-state index in [9.17, 15) is 4.79 Å². The average Bonchev–Trinajstić information content (AvgIpc) is 2.99. The van der Waals surface area contributed by atoms with E-state index < -0.39 is 0 Å². The van der Waals surface area contributed by atoms with E-state index in [0.29, 0.717) is 23.9 Å². The molecule has 0 aliphatic carbocycles. The normalized spacial score (nSPS) is 17.4. The van der Waals surface area contributed by atoms with Crippen molar-refractivity contribution in [2.75, 3.05) is 18.9 Å². The Labute approximate surface area is 123 Å². The largest absolute Gasteiger partial charge is 0.395 e. The molecule has 1 aliphatic heterocycles. The minimum absolute atomic E-state index is 0.0557. The van der Waals surface area contributed by atoms with Crippen molar-refractivity contribution in [3.63, 3.8) is 0 Å². The zero-order chi connectivity index (χ0) is 14.2. The Morgan fingerprint density at radius 3 is 3.10 bits per heavy atom. The van der Waals surface area contributed by atoms with Crippen LogP contribution in [0.1, 0.15) is 35.3 Å². The standard InChI is InChI=1S/C15H18N2O2S/c18-8-2-1-4-12-6-7-14(16-10-12)15(19)17-11-13-5-3-9-20-13/h6-7,10,13,18H,2-3,5,8-9,11H2,(H,17,19). The zero-order valence-corrected chi connectivity index (χ0v) is 12.1. The maximum atomic E-state index is 11.9. The highest BCUT2D eigenvalue weighted by molar-refractivity contribution is 8.00. The summed E-state index contributed by atoms with van der Waals surface area (Å²) in [6.07, 6.45) is 4.45. The highest BCUT2D eigenvalue weighted by atomic mass is 32.2. The van der Waals surface area contributed by atoms with Gasteiger partial charge >= 0.3 is 0 Å². The Bertz CT molecular complexity index is 499. The Morgan fingerprint density at radius 2 is 2.45 bits per heavy atom. The van der Waals surface area contributed by atoms with Crippen LogP contribution in [0.3, 0.4) is 0 Å². The number of carbonyl (C=O) groups is 1. The van der Waals surface area contributed by atoms with Gasteiger partial charge in [0.05, 0.1) is 6.61 Å². The van der Waals surface area contributed by atoms with Crippen LogP contribution in [0.5, 0.6) is 0 Å². The number of aliphatic hydroxyl groups excluding tert-OH is 1. The fourth-order valence-corrected chi connectivity index (χ4v) is 3.13. The number of hydrogen-bond acceptors (Lipinski definition) is 4. The van der Waals surface area contributed by atoms with E-state index in [1.165, 1.54) is 18.6 Å². The Hall–Kier alpha value is -1.51. The number of hydrogen-bond donors (Lipinski definition) is 2. The molecule has 0 saturated carbocycles. The lowest BCUT2D eigenvalue weighted by atomic mass is 10.2. The van der Waals surface area contributed by atoms with Gasteiger partial charge in [-0.2, -0.15) is 11.8 Å². The fourth-order valence-electron chi connectivity index (χ4n) is 1.93. The summed E-state index contributed by atoms with van der Waals surface area (Å²) in [4.78, 5) is 16.0. The lowest BCUT2D eigenvalue weighted by molar-refractivity contribution is 0.0948. The molecule has 1 unspecified atom stereocenters. The van der Waals surface area contributed by atoms with Gasteiger partial charge in [-0.15, -0.1) is 0 Å². The maximum Gasteiger partial charge on any atom is 0.269 e. The van der Waals surface area contributed by atoms with Crippen LogP contribution in [0.25, 0.3) is 0 Å². The van der Waals surface area contributed by atoms with Crippen molar-refractivity contribution < 1.29 is 9.90 Å². The first-order valence-corrected chi connectivity index (χ1v) is 7.80. The summed E-state index contributed by atoms with van der Waals surface area (Å²) in [6.45, 7) is 0.767. The molecule has 5 heteroatoms. The van der Waals surface area contributed by atoms with Crippen molar-refractivity contribution >= 4 is 17.7 Å². The molecule has 1 aliphatic rings. The molecule has 2 rings (SSSR count). The van der Waals surface area contributed by atoms with Crippen molar-refractivity contribution in [1.82, 2.24) is 10.3 Å². The van der Waals surface area contributed by atoms with Crippen molar-refractivity contribution in [2.45, 2.75) is 24.5 Å². The highest BCUT2D eigenvalue weighted by Gasteiger charge is 2.16. The van der Waals surface area contributed by atoms with Crippen molar-refractivity contribution in [2.24, 2.45) is 0 Å². The van der Waals surface area contributed by atoms with Crippen molar-refractivity contribution in [3.8, 4) is 11.8 Å². The van der Waals surface area contributed by atoms with Gasteiger partial charge in [0.2, 0.25) is 0 Å². The summed E-state index contributed by atoms with van der Waals surface area (Å²) in [5, 5.41) is 12.1. The molecule has 2 heterocycles. The summed E-state index contributed by atoms with van der Waals surface area (Å²) >= 11 is 1.92. The first kappa shape index (κ1) is 14.9. The second-order valence-electron chi connectivity index (χ2n) is 4.55. The van der Waals surface area contributed by atoms with Gasteiger partial charge in [0.25, 0.3) is 5.91 Å². The van der Waals surface area contributed by atoms with Crippen LogP contribution in [0.15, 0.2) is 18.3 Å². The molecule has 1 aromatic heterocycles. The van der Waals surface area contributed by atoms with E-state index in [2.05, 4.69) is 22.1 Å². The summed E-state index contributed by atoms with van der Waals surface area (Å²) in [5.41, 5.74) is 1.17. The third-order valence-electron chi connectivity index (χ3n) is 2.98. The van der Waals surface area contributed by atoms with Crippen LogP contribution in [-0.2, 0) is 0 Å². The second kappa shape index (κ2) is 7.93. The van der Waals surface area contributed by atoms with E-state index in [0.717, 1.165) is 5.56 Å². The SMILES string of the molecule is O=C(NCC1CCCS1)c1ccc(C#CCCO)cn1. The molecular weight excluding hydrogens is 272 g/mol. The molecule has 0 spiro atoms. The average molecular weight is 290 g/mol. The maximum absolute atomic E-state index is 11.9. The summed E-state index contributed by atoms with van der Waals surface area (Å²) in [6, 6.07) is 3.46. The highest BCUT2D eigenvalue weighted by Crippen LogP contribution is 2.25. The predicted molar refractivity (Wildman–Crippen MR) is 80.6 cm³/mol. The predicted octanol–water partition coefficient (Wildman–Crippen LogP) is 1.44. The molecule has 0 bridgehead atoms. The van der Waals surface area contributed by atoms with Crippen LogP contribution >= 0.6 is 11.8 Å². The molecule has 2 N–H and O–H groups in total. The van der Waals surface area contributed by atoms with Crippen molar-refractivity contribution in [3.05, 3.63) is 29.6 Å². The molecule has 106 valence electrons. The lowest BCUT2D eigenvalue weighted by Gasteiger charge is -2.09. The molecule has 1 amide bonds. The number of nitrogens with zero attached hydrogens (tertiary/aromatic N) is 1. The number of rotatable bonds is 4. The molecule has 4 nitrogen and oxygen atoms in total. The Kier molecular flexibility index (Phi) is 5.90. The third kappa shape index (κ3) is 4.55. The van der Waals surface area contributed by atoms with Gasteiger partial charge in [0, 0.05) is 30.0 Å². The Morgan fingerprint density at radius 1 is 1.55 bits per heavy atom. The fraction of sp³-hybridized carbons (Fsp3) is 0.467. The van der Waals surface area contributed by atoms with E-state index in [-0.39, 0.29) is 12.5 Å². The van der Waals surface area contributed by atoms with Gasteiger partial charge in [-0.25, -0.2) is 4.98 Å². The molecule has 0 radical (unpaired) electrons. The molecule has 0 aromatic carbocycles. The van der Waals surface area contributed by atoms with Gasteiger partial charge < -0.3 is 10.4 Å². The number of aliphatic hydroxyl groups is 1. The summed E-state index contributed by atoms with van der Waals surface area (Å²) in [7, 11) is 0. The van der Waals surface area contributed by atoms with Gasteiger partial charge in [0.1, 0.15) is 5.69 Å². The smallest absolute Gasteiger partial charge is 0.269 e. The number of pyridine rings is 1. The number of aromatic nitrogens is 1. The first-order valence-electron chi connectivity index (χ1n) is 6.75. The molecule has 1 fully saturated rings. The van der Waals surface area contributed by atoms with Crippen LogP contribution < -0.4 is 5.32 Å². The van der Waals surface area contributed by atoms with Crippen LogP contribution in [0, 0.1) is 11.8 Å². The first-order chi connectivity index (χ1) is 9.79. The van der Waals surface area contributed by atoms with Crippen LogP contribution in [0.2, 0.25) is 0 Å². The number of thioether (sulfide) groups is 1. The van der Waals surface area contributed by atoms with Crippen LogP contribution in [0.4, 0.5) is 0 Å². The monoisotopic (exact) mass is 290 g/mol. The zero-order valence-electron chi connectivity index (χ0n) is 11.3. The number of amides is 1. The minimum atomic E-state index is -0.132. The quantitative estimate of drug-likeness (QED) is 0.824. The van der Waals surface area contributed by atoms with Gasteiger partial charge in [-0.05, 0) is 30.7 Å². The Balaban J connectivity index is 1.85. The second-order valence-corrected chi connectivity index (χ2v) is 5.96. The molecular formula is C15H18N2O2S. The van der Waals surface area contributed by atoms with E-state index in [4.69, 9.17) is 5.11 Å². The topological polar surface area (TPSA) is 62.2 Å². The molecule has 1 saturated heterocycles. The molecule has 1 atom stereocenters. The lowest BCUT2D eigenvalue weighted by Crippen LogP contribution is -2.30. The third-order valence-corrected chi connectivity index (χ3v) is 4.38. The summed E-state index contributed by atoms with van der Waals surface area (Å²) < 4.78 is 0. The number of nitrogens with one attached hydrogen (secondary N) is 1. The van der Waals surface area contributed by atoms with Crippen molar-refractivity contribution in [1.29, 1.82) is 0 Å². The summed E-state index contributed by atoms with van der Waals surface area (Å²) in [5.74, 6) is 6.76. The van der Waals surface area contributed by atoms with Gasteiger partial charge in [-0.1, -0.05) is 11.8 Å². The number of carbonyl (C=O) groups excluding carboxylic acids is 1. The van der Waals surface area contributed by atoms with Crippen LogP contribution in [-0.4, -0.2) is 40.2 Å². The molecule has 1 aromatic rings. The van der Waals surface area contributed by atoms with Gasteiger partial charge in [-0.3, -0.25) is 4.79 Å². The molecule has 20 heavy (non-hydrogen) atoms. The van der Waals surface area contributed by atoms with E-state index in [1.807, 2.05) is 11.8 Å².